The molecule has 0 radical (unpaired) electrons. The van der Waals surface area contributed by atoms with Gasteiger partial charge >= 0.3 is 5.69 Å². The van der Waals surface area contributed by atoms with Crippen LogP contribution in [0.2, 0.25) is 5.02 Å². The van der Waals surface area contributed by atoms with E-state index >= 15 is 4.39 Å². The highest BCUT2D eigenvalue weighted by molar-refractivity contribution is 7.84. The Labute approximate surface area is 254 Å². The minimum absolute atomic E-state index is 0.0174. The van der Waals surface area contributed by atoms with E-state index in [4.69, 9.17) is 16.6 Å². The molecule has 43 heavy (non-hydrogen) atoms. The quantitative estimate of drug-likeness (QED) is 0.313. The van der Waals surface area contributed by atoms with Gasteiger partial charge in [0.05, 0.1) is 48.7 Å². The Hall–Kier alpha value is -4.16. The molecule has 1 unspecified atom stereocenters. The van der Waals surface area contributed by atoms with Gasteiger partial charge in [-0.15, -0.1) is 0 Å². The predicted molar refractivity (Wildman–Crippen MR) is 165 cm³/mol. The van der Waals surface area contributed by atoms with Gasteiger partial charge < -0.3 is 14.9 Å². The fraction of sp³-hybridized carbons (Fsp3) is 0.300. The molecule has 1 aliphatic heterocycles. The lowest BCUT2D eigenvalue weighted by Gasteiger charge is -2.40. The molecule has 5 rings (SSSR count). The fourth-order valence-corrected chi connectivity index (χ4v) is 6.35. The molecule has 0 spiro atoms. The first-order valence-corrected chi connectivity index (χ1v) is 15.5. The highest BCUT2D eigenvalue weighted by Crippen LogP contribution is 2.39. The number of aromatic hydroxyl groups is 1. The molecule has 224 valence electrons. The van der Waals surface area contributed by atoms with Crippen molar-refractivity contribution in [3.63, 3.8) is 0 Å². The van der Waals surface area contributed by atoms with Crippen molar-refractivity contribution in [3.8, 4) is 22.7 Å². The Morgan fingerprint density at radius 3 is 2.63 bits per heavy atom. The molecule has 0 bridgehead atoms. The Balaban J connectivity index is 1.87. The van der Waals surface area contributed by atoms with Crippen LogP contribution in [0.15, 0.2) is 58.9 Å². The number of carbonyl (C=O) groups excluding carboxylic acids is 1. The van der Waals surface area contributed by atoms with Gasteiger partial charge in [0, 0.05) is 38.1 Å². The van der Waals surface area contributed by atoms with Crippen molar-refractivity contribution in [2.24, 2.45) is 0 Å². The summed E-state index contributed by atoms with van der Waals surface area (Å²) in [5, 5.41) is 11.0. The number of aromatic nitrogens is 4. The molecule has 10 nitrogen and oxygen atoms in total. The number of hydrogen-bond acceptors (Lipinski definition) is 8. The van der Waals surface area contributed by atoms with Crippen molar-refractivity contribution in [3.05, 3.63) is 76.2 Å². The van der Waals surface area contributed by atoms with E-state index in [1.165, 1.54) is 47.4 Å². The molecule has 2 atom stereocenters. The van der Waals surface area contributed by atoms with E-state index in [2.05, 4.69) is 16.5 Å². The van der Waals surface area contributed by atoms with E-state index in [-0.39, 0.29) is 57.0 Å². The number of nitrogens with zero attached hydrogens (tertiary/aromatic N) is 6. The molecule has 4 aromatic rings. The van der Waals surface area contributed by atoms with E-state index in [9.17, 15) is 18.9 Å². The molecule has 4 heterocycles. The first kappa shape index (κ1) is 30.3. The summed E-state index contributed by atoms with van der Waals surface area (Å²) in [4.78, 5) is 43.9. The second-order valence-electron chi connectivity index (χ2n) is 10.6. The number of phenolic OH excluding ortho intramolecular Hbond substituents is 1. The van der Waals surface area contributed by atoms with E-state index < -0.39 is 22.3 Å². The summed E-state index contributed by atoms with van der Waals surface area (Å²) in [6.07, 6.45) is 4.29. The van der Waals surface area contributed by atoms with Crippen molar-refractivity contribution in [2.75, 3.05) is 30.8 Å². The van der Waals surface area contributed by atoms with Crippen LogP contribution in [0.3, 0.4) is 0 Å². The fourth-order valence-electron chi connectivity index (χ4n) is 5.38. The Bertz CT molecular complexity index is 1840. The number of piperazine rings is 1. The van der Waals surface area contributed by atoms with Gasteiger partial charge in [0.25, 0.3) is 0 Å². The monoisotopic (exact) mass is 624 g/mol. The SMILES string of the molecule is C=CC(=O)N1CCN(c2nc(=O)n(-c3c(S(C)=O)ccnc3C(C)C)c3nc(-c4c(O)cccc4F)c(Cl)cc23)[C@@H](C)C1. The molecule has 0 aliphatic carbocycles. The van der Waals surface area contributed by atoms with Gasteiger partial charge in [-0.1, -0.05) is 38.1 Å². The third-order valence-electron chi connectivity index (χ3n) is 7.41. The number of benzene rings is 1. The number of phenols is 1. The maximum absolute atomic E-state index is 15.1. The Kier molecular flexibility index (Phi) is 8.35. The van der Waals surface area contributed by atoms with Crippen LogP contribution < -0.4 is 10.6 Å². The minimum atomic E-state index is -1.53. The van der Waals surface area contributed by atoms with Gasteiger partial charge in [-0.25, -0.2) is 18.7 Å². The number of rotatable bonds is 6. The molecule has 0 saturated carbocycles. The molecule has 1 saturated heterocycles. The Morgan fingerprint density at radius 1 is 1.26 bits per heavy atom. The summed E-state index contributed by atoms with van der Waals surface area (Å²) < 4.78 is 29.2. The first-order valence-electron chi connectivity index (χ1n) is 13.6. The van der Waals surface area contributed by atoms with Gasteiger partial charge in [0.15, 0.2) is 5.65 Å². The molecule has 1 aromatic carbocycles. The summed E-state index contributed by atoms with van der Waals surface area (Å²) in [6.45, 7) is 10.3. The number of hydrogen-bond donors (Lipinski definition) is 1. The van der Waals surface area contributed by atoms with Crippen LogP contribution in [0, 0.1) is 5.82 Å². The van der Waals surface area contributed by atoms with Crippen LogP contribution in [-0.4, -0.2) is 71.6 Å². The van der Waals surface area contributed by atoms with Crippen molar-refractivity contribution in [2.45, 2.75) is 37.6 Å². The number of fused-ring (bicyclic) bond motifs is 1. The van der Waals surface area contributed by atoms with E-state index in [1.807, 2.05) is 25.7 Å². The predicted octanol–water partition coefficient (Wildman–Crippen LogP) is 4.42. The van der Waals surface area contributed by atoms with E-state index in [0.717, 1.165) is 0 Å². The molecule has 1 fully saturated rings. The average Bonchev–Trinajstić information content (AvgIpc) is 2.96. The number of amides is 1. The zero-order chi connectivity index (χ0) is 31.2. The minimum Gasteiger partial charge on any atom is -0.507 e. The molecule has 13 heteroatoms. The molecule has 1 aliphatic rings. The maximum Gasteiger partial charge on any atom is 0.355 e. The van der Waals surface area contributed by atoms with Crippen LogP contribution in [-0.2, 0) is 15.6 Å². The molecular formula is C30H30ClFN6O4S. The molecule has 1 amide bonds. The topological polar surface area (TPSA) is 122 Å². The number of halogens is 2. The van der Waals surface area contributed by atoms with Crippen LogP contribution >= 0.6 is 11.6 Å². The Morgan fingerprint density at radius 2 is 2.00 bits per heavy atom. The van der Waals surface area contributed by atoms with E-state index in [0.29, 0.717) is 35.6 Å². The lowest BCUT2D eigenvalue weighted by Crippen LogP contribution is -2.54. The maximum atomic E-state index is 15.1. The molecular weight excluding hydrogens is 595 g/mol. The van der Waals surface area contributed by atoms with Crippen molar-refractivity contribution in [1.29, 1.82) is 0 Å². The van der Waals surface area contributed by atoms with Crippen LogP contribution in [0.25, 0.3) is 28.0 Å². The average molecular weight is 625 g/mol. The smallest absolute Gasteiger partial charge is 0.355 e. The second kappa shape index (κ2) is 11.8. The van der Waals surface area contributed by atoms with Crippen LogP contribution in [0.1, 0.15) is 32.4 Å². The van der Waals surface area contributed by atoms with Crippen LogP contribution in [0.4, 0.5) is 10.2 Å². The molecule has 3 aromatic heterocycles. The van der Waals surface area contributed by atoms with Crippen molar-refractivity contribution < 1.29 is 18.5 Å². The largest absolute Gasteiger partial charge is 0.507 e. The van der Waals surface area contributed by atoms with E-state index in [1.54, 1.807) is 11.0 Å². The van der Waals surface area contributed by atoms with Gasteiger partial charge in [0.1, 0.15) is 17.4 Å². The zero-order valence-corrected chi connectivity index (χ0v) is 25.6. The van der Waals surface area contributed by atoms with Gasteiger partial charge in [-0.05, 0) is 43.2 Å². The number of pyridine rings is 2. The summed E-state index contributed by atoms with van der Waals surface area (Å²) in [5.41, 5.74) is -0.220. The van der Waals surface area contributed by atoms with Gasteiger partial charge in [0.2, 0.25) is 5.91 Å². The number of carbonyl (C=O) groups is 1. The summed E-state index contributed by atoms with van der Waals surface area (Å²) in [6, 6.07) is 6.69. The van der Waals surface area contributed by atoms with Crippen molar-refractivity contribution >= 4 is 45.2 Å². The summed E-state index contributed by atoms with van der Waals surface area (Å²) >= 11 is 6.72. The zero-order valence-electron chi connectivity index (χ0n) is 24.0. The van der Waals surface area contributed by atoms with Crippen molar-refractivity contribution in [1.82, 2.24) is 24.4 Å². The number of anilines is 1. The lowest BCUT2D eigenvalue weighted by atomic mass is 10.1. The third-order valence-corrected chi connectivity index (χ3v) is 8.65. The van der Waals surface area contributed by atoms with Gasteiger partial charge in [-0.3, -0.25) is 14.0 Å². The lowest BCUT2D eigenvalue weighted by molar-refractivity contribution is -0.126. The highest BCUT2D eigenvalue weighted by atomic mass is 35.5. The third kappa shape index (κ3) is 5.40. The highest BCUT2D eigenvalue weighted by Gasteiger charge is 2.31. The summed E-state index contributed by atoms with van der Waals surface area (Å²) in [7, 11) is -1.53. The summed E-state index contributed by atoms with van der Waals surface area (Å²) in [5.74, 6) is -1.24. The van der Waals surface area contributed by atoms with Gasteiger partial charge in [-0.2, -0.15) is 4.98 Å². The van der Waals surface area contributed by atoms with Crippen LogP contribution in [0.5, 0.6) is 5.75 Å². The molecule has 1 N–H and O–H groups in total. The standard InChI is InChI=1S/C30H30ClFN6O4S/c1-6-23(40)36-12-13-37(17(4)15-36)28-18-14-19(31)26(24-20(32)8-7-9-21(24)39)34-29(18)38(30(41)35-28)27-22(43(5)42)10-11-33-25(27)16(2)3/h6-11,14,16-17,39H,1,12-13,15H2,2-5H3/t17-,43?/m0/s1. The normalized spacial score (nSPS) is 16.1. The second-order valence-corrected chi connectivity index (χ2v) is 12.3. The first-order chi connectivity index (χ1) is 20.4.